The van der Waals surface area contributed by atoms with Crippen molar-refractivity contribution in [3.8, 4) is 0 Å². The molecule has 0 aromatic rings. The van der Waals surface area contributed by atoms with Crippen LogP contribution in [0.2, 0.25) is 0 Å². The summed E-state index contributed by atoms with van der Waals surface area (Å²) in [4.78, 5) is 0. The molecule has 2 N–H and O–H groups in total. The van der Waals surface area contributed by atoms with Crippen LogP contribution in [0.3, 0.4) is 0 Å². The molecule has 17 heavy (non-hydrogen) atoms. The van der Waals surface area contributed by atoms with Crippen LogP contribution in [-0.2, 0) is 0 Å². The van der Waals surface area contributed by atoms with Gasteiger partial charge in [0.15, 0.2) is 0 Å². The Morgan fingerprint density at radius 1 is 1.41 bits per heavy atom. The molecule has 0 aliphatic heterocycles. The second-order valence-electron chi connectivity index (χ2n) is 6.36. The number of rotatable bonds is 4. The van der Waals surface area contributed by atoms with Gasteiger partial charge in [-0.1, -0.05) is 31.4 Å². The second kappa shape index (κ2) is 5.53. The van der Waals surface area contributed by atoms with Crippen LogP contribution in [0.4, 0.5) is 0 Å². The maximum absolute atomic E-state index is 10.3. The van der Waals surface area contributed by atoms with Gasteiger partial charge in [0.2, 0.25) is 0 Å². The third-order valence-electron chi connectivity index (χ3n) is 4.31. The summed E-state index contributed by atoms with van der Waals surface area (Å²) in [5.41, 5.74) is 1.14. The van der Waals surface area contributed by atoms with Crippen molar-refractivity contribution in [3.63, 3.8) is 0 Å². The minimum atomic E-state index is -0.398. The highest BCUT2D eigenvalue weighted by Crippen LogP contribution is 2.30. The van der Waals surface area contributed by atoms with Gasteiger partial charge in [0.05, 0.1) is 5.60 Å². The average Bonchev–Trinajstić information content (AvgIpc) is 2.64. The lowest BCUT2D eigenvalue weighted by Gasteiger charge is -2.28. The number of nitrogens with one attached hydrogen (secondary N) is 1. The summed E-state index contributed by atoms with van der Waals surface area (Å²) in [6.45, 7) is 6.41. The van der Waals surface area contributed by atoms with Crippen LogP contribution in [-0.4, -0.2) is 23.8 Å². The molecule has 0 amide bonds. The van der Waals surface area contributed by atoms with E-state index in [1.807, 2.05) is 0 Å². The van der Waals surface area contributed by atoms with Gasteiger partial charge in [0.25, 0.3) is 0 Å². The fourth-order valence-corrected chi connectivity index (χ4v) is 3.56. The Morgan fingerprint density at radius 2 is 2.12 bits per heavy atom. The first-order valence-electron chi connectivity index (χ1n) is 7.18. The van der Waals surface area contributed by atoms with Gasteiger partial charge in [0.1, 0.15) is 0 Å². The van der Waals surface area contributed by atoms with Crippen molar-refractivity contribution in [2.45, 2.75) is 58.0 Å². The Bertz CT molecular complexity index is 279. The third-order valence-corrected chi connectivity index (χ3v) is 4.31. The van der Waals surface area contributed by atoms with E-state index in [4.69, 9.17) is 0 Å². The van der Waals surface area contributed by atoms with E-state index in [0.717, 1.165) is 37.8 Å². The number of allylic oxidation sites excluding steroid dienone is 2. The second-order valence-corrected chi connectivity index (χ2v) is 6.36. The quantitative estimate of drug-likeness (QED) is 0.737. The maximum atomic E-state index is 10.3. The van der Waals surface area contributed by atoms with Gasteiger partial charge in [-0.25, -0.2) is 0 Å². The molecule has 1 saturated carbocycles. The molecule has 0 spiro atoms. The largest absolute Gasteiger partial charge is 0.389 e. The average molecular weight is 237 g/mol. The van der Waals surface area contributed by atoms with Gasteiger partial charge in [0, 0.05) is 6.54 Å². The zero-order chi connectivity index (χ0) is 12.3. The van der Waals surface area contributed by atoms with Crippen molar-refractivity contribution in [1.82, 2.24) is 5.32 Å². The van der Waals surface area contributed by atoms with Crippen LogP contribution in [0.1, 0.15) is 52.4 Å². The van der Waals surface area contributed by atoms with E-state index in [0.29, 0.717) is 0 Å². The third kappa shape index (κ3) is 3.82. The van der Waals surface area contributed by atoms with Crippen molar-refractivity contribution in [1.29, 1.82) is 0 Å². The molecule has 2 aliphatic rings. The van der Waals surface area contributed by atoms with Crippen molar-refractivity contribution >= 4 is 0 Å². The van der Waals surface area contributed by atoms with Gasteiger partial charge >= 0.3 is 0 Å². The summed E-state index contributed by atoms with van der Waals surface area (Å²) in [5, 5.41) is 13.8. The Hall–Kier alpha value is -0.340. The lowest BCUT2D eigenvalue weighted by molar-refractivity contribution is 0.0466. The fraction of sp³-hybridized carbons (Fsp3) is 0.867. The molecule has 2 unspecified atom stereocenters. The van der Waals surface area contributed by atoms with Crippen molar-refractivity contribution < 1.29 is 5.11 Å². The monoisotopic (exact) mass is 237 g/mol. The molecular weight excluding hydrogens is 210 g/mol. The highest BCUT2D eigenvalue weighted by atomic mass is 16.3. The van der Waals surface area contributed by atoms with Crippen LogP contribution < -0.4 is 5.32 Å². The van der Waals surface area contributed by atoms with E-state index in [9.17, 15) is 5.11 Å². The Balaban J connectivity index is 1.70. The first kappa shape index (κ1) is 13.1. The van der Waals surface area contributed by atoms with Crippen molar-refractivity contribution in [2.24, 2.45) is 11.8 Å². The smallest absolute Gasteiger partial charge is 0.0771 e. The van der Waals surface area contributed by atoms with E-state index in [2.05, 4.69) is 25.2 Å². The van der Waals surface area contributed by atoms with E-state index in [1.54, 1.807) is 0 Å². The first-order chi connectivity index (χ1) is 8.07. The van der Waals surface area contributed by atoms with Crippen molar-refractivity contribution in [3.05, 3.63) is 11.6 Å². The van der Waals surface area contributed by atoms with Crippen LogP contribution >= 0.6 is 0 Å². The zero-order valence-electron chi connectivity index (χ0n) is 11.3. The van der Waals surface area contributed by atoms with Crippen LogP contribution in [0.25, 0.3) is 0 Å². The molecule has 2 nitrogen and oxygen atoms in total. The molecule has 98 valence electrons. The van der Waals surface area contributed by atoms with E-state index >= 15 is 0 Å². The summed E-state index contributed by atoms with van der Waals surface area (Å²) in [6, 6.07) is 0. The lowest BCUT2D eigenvalue weighted by Crippen LogP contribution is -2.40. The molecule has 1 fully saturated rings. The number of aliphatic hydroxyl groups is 1. The summed E-state index contributed by atoms with van der Waals surface area (Å²) >= 11 is 0. The van der Waals surface area contributed by atoms with Gasteiger partial charge in [-0.05, 0) is 51.0 Å². The van der Waals surface area contributed by atoms with Gasteiger partial charge in [-0.3, -0.25) is 0 Å². The zero-order valence-corrected chi connectivity index (χ0v) is 11.3. The van der Waals surface area contributed by atoms with Gasteiger partial charge in [-0.15, -0.1) is 0 Å². The Morgan fingerprint density at radius 3 is 2.76 bits per heavy atom. The molecule has 0 heterocycles. The predicted molar refractivity (Wildman–Crippen MR) is 71.9 cm³/mol. The van der Waals surface area contributed by atoms with E-state index in [-0.39, 0.29) is 0 Å². The first-order valence-corrected chi connectivity index (χ1v) is 7.18. The number of hydrogen-bond acceptors (Lipinski definition) is 2. The summed E-state index contributed by atoms with van der Waals surface area (Å²) in [7, 11) is 0. The summed E-state index contributed by atoms with van der Waals surface area (Å²) in [6.07, 6.45) is 9.29. The molecule has 2 aliphatic carbocycles. The van der Waals surface area contributed by atoms with Gasteiger partial charge < -0.3 is 10.4 Å². The van der Waals surface area contributed by atoms with E-state index in [1.165, 1.54) is 31.3 Å². The molecule has 2 atom stereocenters. The summed E-state index contributed by atoms with van der Waals surface area (Å²) in [5.74, 6) is 1.49. The molecule has 0 saturated heterocycles. The lowest BCUT2D eigenvalue weighted by atomic mass is 9.83. The minimum absolute atomic E-state index is 0.398. The molecule has 0 aromatic heterocycles. The normalized spacial score (nSPS) is 32.5. The van der Waals surface area contributed by atoms with Crippen LogP contribution in [0.5, 0.6) is 0 Å². The highest BCUT2D eigenvalue weighted by Gasteiger charge is 2.30. The predicted octanol–water partition coefficient (Wildman–Crippen LogP) is 2.87. The fourth-order valence-electron chi connectivity index (χ4n) is 3.56. The van der Waals surface area contributed by atoms with Gasteiger partial charge in [-0.2, -0.15) is 0 Å². The Kier molecular flexibility index (Phi) is 4.26. The standard InChI is InChI=1S/C15H27NO/c1-12-7-13(2)9-14(8-12)10-16-11-15(17)5-3-4-6-15/h7,12,14,16-17H,3-6,8-11H2,1-2H3. The molecule has 2 heteroatoms. The SMILES string of the molecule is CC1=CC(C)CC(CNCC2(O)CCCC2)C1. The Labute approximate surface area is 105 Å². The van der Waals surface area contributed by atoms with Crippen LogP contribution in [0.15, 0.2) is 11.6 Å². The molecular formula is C15H27NO. The maximum Gasteiger partial charge on any atom is 0.0771 e. The van der Waals surface area contributed by atoms with E-state index < -0.39 is 5.60 Å². The summed E-state index contributed by atoms with van der Waals surface area (Å²) < 4.78 is 0. The molecule has 0 bridgehead atoms. The minimum Gasteiger partial charge on any atom is -0.389 e. The molecule has 2 rings (SSSR count). The number of hydrogen-bond donors (Lipinski definition) is 2. The topological polar surface area (TPSA) is 32.3 Å². The van der Waals surface area contributed by atoms with Crippen LogP contribution in [0, 0.1) is 11.8 Å². The molecule has 0 radical (unpaired) electrons. The highest BCUT2D eigenvalue weighted by molar-refractivity contribution is 5.06. The molecule has 0 aromatic carbocycles. The van der Waals surface area contributed by atoms with Crippen molar-refractivity contribution in [2.75, 3.05) is 13.1 Å².